The molecule has 0 saturated heterocycles. The van der Waals surface area contributed by atoms with E-state index in [1.807, 2.05) is 0 Å². The van der Waals surface area contributed by atoms with Gasteiger partial charge in [-0.2, -0.15) is 0 Å². The minimum Gasteiger partial charge on any atom is -0.389 e. The molecule has 0 aliphatic carbocycles. The van der Waals surface area contributed by atoms with Crippen LogP contribution < -0.4 is 11.1 Å². The summed E-state index contributed by atoms with van der Waals surface area (Å²) >= 11 is 16.6. The highest BCUT2D eigenvalue weighted by Crippen LogP contribution is 2.31. The number of anilines is 2. The molecular weight excluding hydrogens is 325 g/mol. The Morgan fingerprint density at radius 3 is 2.35 bits per heavy atom. The molecule has 0 aliphatic rings. The van der Waals surface area contributed by atoms with Gasteiger partial charge in [0.2, 0.25) is 0 Å². The van der Waals surface area contributed by atoms with Crippen LogP contribution in [0.1, 0.15) is 5.56 Å². The van der Waals surface area contributed by atoms with E-state index in [0.717, 1.165) is 12.1 Å². The van der Waals surface area contributed by atoms with Gasteiger partial charge in [0.05, 0.1) is 15.7 Å². The van der Waals surface area contributed by atoms with Gasteiger partial charge in [-0.3, -0.25) is 0 Å². The van der Waals surface area contributed by atoms with Gasteiger partial charge >= 0.3 is 0 Å². The summed E-state index contributed by atoms with van der Waals surface area (Å²) in [6.45, 7) is 0. The van der Waals surface area contributed by atoms with Gasteiger partial charge in [0.25, 0.3) is 0 Å². The number of thiocarbonyl (C=S) groups is 1. The van der Waals surface area contributed by atoms with Crippen LogP contribution in [-0.4, -0.2) is 4.99 Å². The second-order valence-corrected chi connectivity index (χ2v) is 5.18. The Morgan fingerprint density at radius 1 is 1.10 bits per heavy atom. The summed E-state index contributed by atoms with van der Waals surface area (Å²) in [5, 5.41) is 2.98. The molecule has 0 heterocycles. The van der Waals surface area contributed by atoms with Crippen LogP contribution in [0.25, 0.3) is 0 Å². The predicted octanol–water partition coefficient (Wildman–Crippen LogP) is 4.65. The molecule has 2 nitrogen and oxygen atoms in total. The molecule has 3 N–H and O–H groups in total. The maximum atomic E-state index is 13.6. The molecule has 0 amide bonds. The third kappa shape index (κ3) is 3.17. The molecule has 0 aromatic heterocycles. The van der Waals surface area contributed by atoms with Crippen LogP contribution in [0.3, 0.4) is 0 Å². The average molecular weight is 333 g/mol. The first-order chi connectivity index (χ1) is 9.38. The second-order valence-electron chi connectivity index (χ2n) is 3.93. The number of benzene rings is 2. The highest BCUT2D eigenvalue weighted by Gasteiger charge is 2.11. The van der Waals surface area contributed by atoms with Crippen molar-refractivity contribution in [1.82, 2.24) is 0 Å². The van der Waals surface area contributed by atoms with Gasteiger partial charge in [-0.05, 0) is 24.3 Å². The maximum absolute atomic E-state index is 13.6. The molecule has 0 unspecified atom stereocenters. The first-order valence-corrected chi connectivity index (χ1v) is 6.56. The number of nitrogens with two attached hydrogens (primary N) is 1. The summed E-state index contributed by atoms with van der Waals surface area (Å²) in [5.74, 6) is -1.55. The molecule has 2 rings (SSSR count). The molecule has 0 fully saturated rings. The van der Waals surface area contributed by atoms with Crippen molar-refractivity contribution in [2.45, 2.75) is 0 Å². The number of halogens is 4. The maximum Gasteiger partial charge on any atom is 0.151 e. The zero-order chi connectivity index (χ0) is 14.9. The Bertz CT molecular complexity index is 669. The van der Waals surface area contributed by atoms with Crippen molar-refractivity contribution in [3.63, 3.8) is 0 Å². The minimum absolute atomic E-state index is 0.0350. The first-order valence-electron chi connectivity index (χ1n) is 5.39. The quantitative estimate of drug-likeness (QED) is 0.803. The van der Waals surface area contributed by atoms with E-state index in [2.05, 4.69) is 5.32 Å². The van der Waals surface area contributed by atoms with Crippen molar-refractivity contribution in [3.05, 3.63) is 57.6 Å². The fourth-order valence-corrected chi connectivity index (χ4v) is 2.36. The SMILES string of the molecule is NC(=S)c1ccc(Nc2c(F)cc(F)cc2Cl)cc1Cl. The first kappa shape index (κ1) is 15.0. The molecule has 0 saturated carbocycles. The highest BCUT2D eigenvalue weighted by atomic mass is 35.5. The summed E-state index contributed by atoms with van der Waals surface area (Å²) in [5.41, 5.74) is 6.44. The smallest absolute Gasteiger partial charge is 0.151 e. The lowest BCUT2D eigenvalue weighted by Crippen LogP contribution is -2.10. The van der Waals surface area contributed by atoms with E-state index >= 15 is 0 Å². The molecule has 104 valence electrons. The zero-order valence-electron chi connectivity index (χ0n) is 9.88. The third-order valence-electron chi connectivity index (χ3n) is 2.51. The second kappa shape index (κ2) is 5.91. The Balaban J connectivity index is 2.36. The van der Waals surface area contributed by atoms with E-state index < -0.39 is 11.6 Å². The summed E-state index contributed by atoms with van der Waals surface area (Å²) < 4.78 is 26.6. The highest BCUT2D eigenvalue weighted by molar-refractivity contribution is 7.80. The van der Waals surface area contributed by atoms with E-state index in [4.69, 9.17) is 41.2 Å². The van der Waals surface area contributed by atoms with Crippen LogP contribution in [0.2, 0.25) is 10.0 Å². The largest absolute Gasteiger partial charge is 0.389 e. The van der Waals surface area contributed by atoms with Gasteiger partial charge in [-0.25, -0.2) is 8.78 Å². The summed E-state index contributed by atoms with van der Waals surface area (Å²) in [7, 11) is 0. The van der Waals surface area contributed by atoms with Crippen molar-refractivity contribution in [1.29, 1.82) is 0 Å². The lowest BCUT2D eigenvalue weighted by Gasteiger charge is -2.11. The molecular formula is C13H8Cl2F2N2S. The monoisotopic (exact) mass is 332 g/mol. The van der Waals surface area contributed by atoms with Crippen LogP contribution in [0.4, 0.5) is 20.2 Å². The number of nitrogens with one attached hydrogen (secondary N) is 1. The molecule has 0 radical (unpaired) electrons. The molecule has 0 atom stereocenters. The summed E-state index contributed by atoms with van der Waals surface area (Å²) in [6, 6.07) is 6.48. The Labute approximate surface area is 129 Å². The van der Waals surface area contributed by atoms with Gasteiger partial charge in [-0.1, -0.05) is 35.4 Å². The van der Waals surface area contributed by atoms with E-state index in [1.54, 1.807) is 12.1 Å². The van der Waals surface area contributed by atoms with Gasteiger partial charge in [-0.15, -0.1) is 0 Å². The molecule has 2 aromatic rings. The van der Waals surface area contributed by atoms with Crippen LogP contribution in [0.5, 0.6) is 0 Å². The molecule has 2 aromatic carbocycles. The van der Waals surface area contributed by atoms with Gasteiger partial charge in [0.15, 0.2) is 5.82 Å². The average Bonchev–Trinajstić information content (AvgIpc) is 2.33. The van der Waals surface area contributed by atoms with E-state index in [1.165, 1.54) is 6.07 Å². The topological polar surface area (TPSA) is 38.0 Å². The fourth-order valence-electron chi connectivity index (χ4n) is 1.60. The molecule has 20 heavy (non-hydrogen) atoms. The van der Waals surface area contributed by atoms with Crippen LogP contribution in [0, 0.1) is 11.6 Å². The van der Waals surface area contributed by atoms with Crippen molar-refractivity contribution < 1.29 is 8.78 Å². The summed E-state index contributed by atoms with van der Waals surface area (Å²) in [6.07, 6.45) is 0. The van der Waals surface area contributed by atoms with Crippen molar-refractivity contribution in [3.8, 4) is 0 Å². The van der Waals surface area contributed by atoms with E-state index in [-0.39, 0.29) is 15.7 Å². The lowest BCUT2D eigenvalue weighted by molar-refractivity contribution is 0.586. The Morgan fingerprint density at radius 2 is 1.80 bits per heavy atom. The van der Waals surface area contributed by atoms with Crippen molar-refractivity contribution in [2.75, 3.05) is 5.32 Å². The molecule has 0 aliphatic heterocycles. The molecule has 0 spiro atoms. The van der Waals surface area contributed by atoms with Crippen molar-refractivity contribution >= 4 is 51.8 Å². The fraction of sp³-hybridized carbons (Fsp3) is 0. The Kier molecular flexibility index (Phi) is 4.42. The van der Waals surface area contributed by atoms with Gasteiger partial charge in [0, 0.05) is 17.3 Å². The van der Waals surface area contributed by atoms with Crippen LogP contribution in [-0.2, 0) is 0 Å². The number of hydrogen-bond acceptors (Lipinski definition) is 2. The third-order valence-corrected chi connectivity index (χ3v) is 3.34. The summed E-state index contributed by atoms with van der Waals surface area (Å²) in [4.78, 5) is 0.160. The normalized spacial score (nSPS) is 10.4. The standard InChI is InChI=1S/C13H8Cl2F2N2S/c14-9-5-7(1-2-8(9)13(18)20)19-12-10(15)3-6(16)4-11(12)17/h1-5,19H,(H2,18,20). The van der Waals surface area contributed by atoms with Gasteiger partial charge < -0.3 is 11.1 Å². The number of hydrogen-bond donors (Lipinski definition) is 2. The predicted molar refractivity (Wildman–Crippen MR) is 82.0 cm³/mol. The van der Waals surface area contributed by atoms with Crippen LogP contribution >= 0.6 is 35.4 Å². The minimum atomic E-state index is -0.801. The van der Waals surface area contributed by atoms with Crippen molar-refractivity contribution in [2.24, 2.45) is 5.73 Å². The zero-order valence-corrected chi connectivity index (χ0v) is 12.2. The molecule has 7 heteroatoms. The number of rotatable bonds is 3. The van der Waals surface area contributed by atoms with Gasteiger partial charge in [0.1, 0.15) is 10.8 Å². The van der Waals surface area contributed by atoms with E-state index in [0.29, 0.717) is 16.3 Å². The van der Waals surface area contributed by atoms with Crippen LogP contribution in [0.15, 0.2) is 30.3 Å². The Hall–Kier alpha value is -1.43. The molecule has 0 bridgehead atoms. The van der Waals surface area contributed by atoms with E-state index in [9.17, 15) is 8.78 Å². The lowest BCUT2D eigenvalue weighted by atomic mass is 10.2.